The molecule has 0 radical (unpaired) electrons. The van der Waals surface area contributed by atoms with Crippen LogP contribution in [0.1, 0.15) is 9.78 Å². The minimum Gasteiger partial charge on any atom is -1.00 e. The molecule has 0 amide bonds. The van der Waals surface area contributed by atoms with Crippen LogP contribution in [0, 0.1) is 5.92 Å². The molecule has 0 rings (SSSR count). The Balaban J connectivity index is -0.000000282. The summed E-state index contributed by atoms with van der Waals surface area (Å²) in [6.45, 7) is 1.65. The zero-order chi connectivity index (χ0) is 11.1. The monoisotopic (exact) mass is 264 g/mol. The molecule has 0 aliphatic heterocycles. The van der Waals surface area contributed by atoms with E-state index in [0.717, 1.165) is 0 Å². The van der Waals surface area contributed by atoms with Gasteiger partial charge in [0.15, 0.2) is 0 Å². The Morgan fingerprint density at radius 3 is 2.47 bits per heavy atom. The SMILES string of the molecule is CSC[C@H](OC(=O)[C@H](C)CS)C(=O)O.[H-].[H-].[Mg+2]. The van der Waals surface area contributed by atoms with Crippen molar-refractivity contribution in [2.45, 2.75) is 13.0 Å². The Hall–Kier alpha value is 0.406. The Morgan fingerprint density at radius 2 is 2.13 bits per heavy atom. The van der Waals surface area contributed by atoms with Gasteiger partial charge < -0.3 is 12.7 Å². The fourth-order valence-corrected chi connectivity index (χ4v) is 1.30. The molecule has 0 fully saturated rings. The summed E-state index contributed by atoms with van der Waals surface area (Å²) in [5.74, 6) is -1.38. The number of thioether (sulfide) groups is 1. The van der Waals surface area contributed by atoms with E-state index in [1.807, 2.05) is 0 Å². The van der Waals surface area contributed by atoms with E-state index in [9.17, 15) is 9.59 Å². The van der Waals surface area contributed by atoms with Crippen molar-refractivity contribution in [1.29, 1.82) is 0 Å². The molecule has 0 aliphatic rings. The third kappa shape index (κ3) is 7.32. The standard InChI is InChI=1S/C8H14O4S2.Mg.2H/c1-5(3-13)8(11)12-6(4-14-2)7(9)10;;;/h5-6,13H,3-4H2,1-2H3,(H,9,10);;;/q;+2;2*-1/t5-,6+;;;/m1.../s1. The number of aliphatic carboxylic acids is 1. The average molecular weight is 265 g/mol. The van der Waals surface area contributed by atoms with Crippen molar-refractivity contribution < 1.29 is 22.3 Å². The second-order valence-electron chi connectivity index (χ2n) is 2.80. The molecule has 0 heterocycles. The molecule has 4 nitrogen and oxygen atoms in total. The van der Waals surface area contributed by atoms with Crippen LogP contribution in [0.15, 0.2) is 0 Å². The van der Waals surface area contributed by atoms with E-state index in [4.69, 9.17) is 9.84 Å². The second kappa shape index (κ2) is 9.62. The topological polar surface area (TPSA) is 63.6 Å². The van der Waals surface area contributed by atoms with Crippen LogP contribution in [0.3, 0.4) is 0 Å². The van der Waals surface area contributed by atoms with Gasteiger partial charge in [0.25, 0.3) is 0 Å². The van der Waals surface area contributed by atoms with Crippen LogP contribution in [0.25, 0.3) is 0 Å². The molecule has 86 valence electrons. The molecular weight excluding hydrogens is 249 g/mol. The van der Waals surface area contributed by atoms with Gasteiger partial charge in [0, 0.05) is 11.5 Å². The van der Waals surface area contributed by atoms with Crippen molar-refractivity contribution in [3.05, 3.63) is 0 Å². The number of ether oxygens (including phenoxy) is 1. The zero-order valence-corrected chi connectivity index (χ0v) is 11.9. The molecule has 0 aromatic rings. The number of carboxylic acid groups (broad SMARTS) is 1. The van der Waals surface area contributed by atoms with Gasteiger partial charge in [0.1, 0.15) is 0 Å². The number of carboxylic acids is 1. The first-order valence-corrected chi connectivity index (χ1v) is 6.08. The molecule has 7 heteroatoms. The van der Waals surface area contributed by atoms with Gasteiger partial charge in [-0.05, 0) is 6.26 Å². The number of carbonyl (C=O) groups is 2. The number of thiol groups is 1. The smallest absolute Gasteiger partial charge is 1.00 e. The first kappa shape index (κ1) is 17.8. The Bertz CT molecular complexity index is 222. The molecule has 0 bridgehead atoms. The van der Waals surface area contributed by atoms with Crippen LogP contribution in [0.5, 0.6) is 0 Å². The third-order valence-corrected chi connectivity index (χ3v) is 2.71. The van der Waals surface area contributed by atoms with E-state index >= 15 is 0 Å². The molecular formula is C8H16MgO4S2. The van der Waals surface area contributed by atoms with E-state index in [1.165, 1.54) is 11.8 Å². The first-order chi connectivity index (χ1) is 6.52. The molecule has 2 atom stereocenters. The van der Waals surface area contributed by atoms with Crippen LogP contribution in [0.2, 0.25) is 0 Å². The normalized spacial score (nSPS) is 13.5. The Morgan fingerprint density at radius 1 is 1.60 bits per heavy atom. The third-order valence-electron chi connectivity index (χ3n) is 1.53. The van der Waals surface area contributed by atoms with E-state index in [0.29, 0.717) is 5.75 Å². The molecule has 0 aromatic heterocycles. The van der Waals surface area contributed by atoms with Gasteiger partial charge >= 0.3 is 35.0 Å². The molecule has 15 heavy (non-hydrogen) atoms. The fourth-order valence-electron chi connectivity index (χ4n) is 0.638. The minimum atomic E-state index is -1.11. The van der Waals surface area contributed by atoms with Gasteiger partial charge in [-0.15, -0.1) is 0 Å². The van der Waals surface area contributed by atoms with Crippen molar-refractivity contribution in [3.8, 4) is 0 Å². The van der Waals surface area contributed by atoms with E-state index in [-0.39, 0.29) is 37.6 Å². The Labute approximate surface area is 118 Å². The predicted octanol–water partition coefficient (Wildman–Crippen LogP) is 0.756. The van der Waals surface area contributed by atoms with E-state index < -0.39 is 18.0 Å². The number of rotatable bonds is 6. The summed E-state index contributed by atoms with van der Waals surface area (Å²) in [5.41, 5.74) is 0. The average Bonchev–Trinajstić information content (AvgIpc) is 2.15. The van der Waals surface area contributed by atoms with E-state index in [2.05, 4.69) is 12.6 Å². The largest absolute Gasteiger partial charge is 2.00 e. The van der Waals surface area contributed by atoms with Crippen LogP contribution in [-0.2, 0) is 14.3 Å². The summed E-state index contributed by atoms with van der Waals surface area (Å²) in [6, 6.07) is 0. The molecule has 0 aromatic carbocycles. The predicted molar refractivity (Wildman–Crippen MR) is 66.9 cm³/mol. The van der Waals surface area contributed by atoms with Gasteiger partial charge in [-0.25, -0.2) is 4.79 Å². The van der Waals surface area contributed by atoms with Crippen LogP contribution < -0.4 is 0 Å². The molecule has 0 spiro atoms. The maximum atomic E-state index is 11.2. The maximum absolute atomic E-state index is 11.2. The van der Waals surface area contributed by atoms with Crippen molar-refractivity contribution in [2.24, 2.45) is 5.92 Å². The van der Waals surface area contributed by atoms with Gasteiger partial charge in [0.05, 0.1) is 5.92 Å². The van der Waals surface area contributed by atoms with Crippen molar-refractivity contribution in [2.75, 3.05) is 17.8 Å². The number of hydrogen-bond acceptors (Lipinski definition) is 5. The summed E-state index contributed by atoms with van der Waals surface area (Å²) in [6.07, 6.45) is 0.700. The van der Waals surface area contributed by atoms with Crippen molar-refractivity contribution >= 4 is 59.4 Å². The van der Waals surface area contributed by atoms with Crippen molar-refractivity contribution in [1.82, 2.24) is 0 Å². The van der Waals surface area contributed by atoms with Crippen LogP contribution >= 0.6 is 24.4 Å². The quantitative estimate of drug-likeness (QED) is 0.421. The summed E-state index contributed by atoms with van der Waals surface area (Å²) >= 11 is 5.25. The molecule has 0 unspecified atom stereocenters. The fraction of sp³-hybridized carbons (Fsp3) is 0.750. The zero-order valence-electron chi connectivity index (χ0n) is 10.8. The Kier molecular flexibility index (Phi) is 11.4. The van der Waals surface area contributed by atoms with Gasteiger partial charge in [0.2, 0.25) is 6.10 Å². The number of hydrogen-bond donors (Lipinski definition) is 2. The van der Waals surface area contributed by atoms with Gasteiger partial charge in [-0.2, -0.15) is 24.4 Å². The number of carbonyl (C=O) groups excluding carboxylic acids is 1. The maximum Gasteiger partial charge on any atom is 2.00 e. The molecule has 0 aliphatic carbocycles. The van der Waals surface area contributed by atoms with Gasteiger partial charge in [-0.3, -0.25) is 4.79 Å². The molecule has 1 N–H and O–H groups in total. The number of esters is 1. The molecule has 0 saturated heterocycles. The van der Waals surface area contributed by atoms with Gasteiger partial charge in [-0.1, -0.05) is 6.92 Å². The molecule has 0 saturated carbocycles. The van der Waals surface area contributed by atoms with Crippen LogP contribution in [-0.4, -0.2) is 64.0 Å². The minimum absolute atomic E-state index is 0. The summed E-state index contributed by atoms with van der Waals surface area (Å²) < 4.78 is 4.80. The summed E-state index contributed by atoms with van der Waals surface area (Å²) in [4.78, 5) is 21.8. The summed E-state index contributed by atoms with van der Waals surface area (Å²) in [7, 11) is 0. The summed E-state index contributed by atoms with van der Waals surface area (Å²) in [5, 5.41) is 8.70. The first-order valence-electron chi connectivity index (χ1n) is 4.06. The van der Waals surface area contributed by atoms with Crippen molar-refractivity contribution in [3.63, 3.8) is 0 Å². The van der Waals surface area contributed by atoms with E-state index in [1.54, 1.807) is 13.2 Å². The van der Waals surface area contributed by atoms with Crippen LogP contribution in [0.4, 0.5) is 0 Å². The second-order valence-corrected chi connectivity index (χ2v) is 4.08.